The summed E-state index contributed by atoms with van der Waals surface area (Å²) in [5.74, 6) is 0.179. The van der Waals surface area contributed by atoms with Gasteiger partial charge in [0.1, 0.15) is 11.4 Å². The average molecular weight is 376 g/mol. The number of carbonyl (C=O) groups excluding carboxylic acids is 1. The Kier molecular flexibility index (Phi) is 4.44. The van der Waals surface area contributed by atoms with Crippen LogP contribution in [-0.2, 0) is 7.05 Å². The van der Waals surface area contributed by atoms with Crippen molar-refractivity contribution < 1.29 is 13.6 Å². The Hall–Kier alpha value is -3.08. The second-order valence-electron chi connectivity index (χ2n) is 6.21. The SMILES string of the molecule is Cn1cc(NC(=O)c2cnn3ccc(N4CCNCC4)nc23)c(C(F)F)n1. The van der Waals surface area contributed by atoms with E-state index >= 15 is 0 Å². The minimum atomic E-state index is -2.79. The third kappa shape index (κ3) is 3.33. The molecule has 27 heavy (non-hydrogen) atoms. The van der Waals surface area contributed by atoms with Crippen molar-refractivity contribution in [2.24, 2.45) is 7.05 Å². The van der Waals surface area contributed by atoms with Crippen LogP contribution in [0.2, 0.25) is 0 Å². The predicted octanol–water partition coefficient (Wildman–Crippen LogP) is 1.06. The number of nitrogens with zero attached hydrogens (tertiary/aromatic N) is 6. The zero-order valence-electron chi connectivity index (χ0n) is 14.6. The van der Waals surface area contributed by atoms with Gasteiger partial charge in [-0.1, -0.05) is 0 Å². The van der Waals surface area contributed by atoms with Gasteiger partial charge in [0, 0.05) is 45.6 Å². The standard InChI is InChI=1S/C16H18F2N8O/c1-24-9-11(13(23-24)14(17)18)21-16(27)10-8-20-26-5-2-12(22-15(10)26)25-6-3-19-4-7-25/h2,5,8-9,14,19H,3-4,6-7H2,1H3,(H,21,27). The van der Waals surface area contributed by atoms with Crippen LogP contribution in [0.25, 0.3) is 5.65 Å². The van der Waals surface area contributed by atoms with Crippen LogP contribution in [0.15, 0.2) is 24.7 Å². The monoisotopic (exact) mass is 376 g/mol. The van der Waals surface area contributed by atoms with Crippen molar-refractivity contribution in [1.82, 2.24) is 29.7 Å². The number of piperazine rings is 1. The molecule has 2 N–H and O–H groups in total. The molecule has 142 valence electrons. The van der Waals surface area contributed by atoms with Gasteiger partial charge in [-0.25, -0.2) is 18.3 Å². The van der Waals surface area contributed by atoms with E-state index in [0.29, 0.717) is 5.65 Å². The van der Waals surface area contributed by atoms with Gasteiger partial charge in [-0.3, -0.25) is 9.48 Å². The number of anilines is 2. The summed E-state index contributed by atoms with van der Waals surface area (Å²) in [7, 11) is 1.51. The fraction of sp³-hybridized carbons (Fsp3) is 0.375. The van der Waals surface area contributed by atoms with Gasteiger partial charge >= 0.3 is 0 Å². The maximum atomic E-state index is 13.1. The van der Waals surface area contributed by atoms with Crippen molar-refractivity contribution in [2.75, 3.05) is 36.4 Å². The molecule has 11 heteroatoms. The van der Waals surface area contributed by atoms with Crippen LogP contribution in [0.3, 0.4) is 0 Å². The number of halogens is 2. The molecule has 3 aromatic rings. The summed E-state index contributed by atoms with van der Waals surface area (Å²) in [5, 5.41) is 13.6. The van der Waals surface area contributed by atoms with Gasteiger partial charge in [0.15, 0.2) is 11.3 Å². The molecule has 0 spiro atoms. The van der Waals surface area contributed by atoms with Gasteiger partial charge in [-0.15, -0.1) is 0 Å². The van der Waals surface area contributed by atoms with Gasteiger partial charge in [-0.2, -0.15) is 10.2 Å². The second-order valence-corrected chi connectivity index (χ2v) is 6.21. The van der Waals surface area contributed by atoms with Crippen molar-refractivity contribution in [2.45, 2.75) is 6.43 Å². The van der Waals surface area contributed by atoms with E-state index in [0.717, 1.165) is 32.0 Å². The summed E-state index contributed by atoms with van der Waals surface area (Å²) < 4.78 is 28.9. The van der Waals surface area contributed by atoms with Crippen molar-refractivity contribution in [3.05, 3.63) is 35.9 Å². The lowest BCUT2D eigenvalue weighted by Crippen LogP contribution is -2.43. The minimum absolute atomic E-state index is 0.0323. The zero-order valence-corrected chi connectivity index (χ0v) is 14.6. The van der Waals surface area contributed by atoms with Crippen LogP contribution < -0.4 is 15.5 Å². The third-order valence-electron chi connectivity index (χ3n) is 4.35. The van der Waals surface area contributed by atoms with Crippen molar-refractivity contribution in [3.63, 3.8) is 0 Å². The molecule has 3 aromatic heterocycles. The van der Waals surface area contributed by atoms with E-state index in [1.807, 2.05) is 6.07 Å². The Balaban J connectivity index is 1.64. The molecule has 0 aromatic carbocycles. The number of carbonyl (C=O) groups is 1. The van der Waals surface area contributed by atoms with E-state index < -0.39 is 18.0 Å². The number of rotatable bonds is 4. The zero-order chi connectivity index (χ0) is 19.0. The minimum Gasteiger partial charge on any atom is -0.354 e. The summed E-state index contributed by atoms with van der Waals surface area (Å²) in [6.45, 7) is 3.34. The summed E-state index contributed by atoms with van der Waals surface area (Å²) in [4.78, 5) is 19.3. The Morgan fingerprint density at radius 3 is 2.85 bits per heavy atom. The van der Waals surface area contributed by atoms with Gasteiger partial charge in [0.05, 0.1) is 11.9 Å². The van der Waals surface area contributed by atoms with Crippen LogP contribution in [0.1, 0.15) is 22.5 Å². The highest BCUT2D eigenvalue weighted by atomic mass is 19.3. The fourth-order valence-electron chi connectivity index (χ4n) is 3.04. The van der Waals surface area contributed by atoms with Crippen molar-refractivity contribution in [1.29, 1.82) is 0 Å². The van der Waals surface area contributed by atoms with E-state index in [1.165, 1.54) is 28.6 Å². The Morgan fingerprint density at radius 1 is 1.33 bits per heavy atom. The lowest BCUT2D eigenvalue weighted by atomic mass is 10.3. The van der Waals surface area contributed by atoms with Crippen LogP contribution in [-0.4, -0.2) is 56.5 Å². The molecule has 0 unspecified atom stereocenters. The number of aryl methyl sites for hydroxylation is 1. The molecule has 0 bridgehead atoms. The molecular formula is C16H18F2N8O. The molecule has 0 saturated carbocycles. The van der Waals surface area contributed by atoms with E-state index in [-0.39, 0.29) is 11.3 Å². The highest BCUT2D eigenvalue weighted by Gasteiger charge is 2.22. The summed E-state index contributed by atoms with van der Waals surface area (Å²) in [5.41, 5.74) is 0.0639. The Bertz CT molecular complexity index is 976. The first kappa shape index (κ1) is 17.3. The van der Waals surface area contributed by atoms with E-state index in [9.17, 15) is 13.6 Å². The van der Waals surface area contributed by atoms with Crippen molar-refractivity contribution >= 4 is 23.1 Å². The van der Waals surface area contributed by atoms with Crippen LogP contribution in [0, 0.1) is 0 Å². The van der Waals surface area contributed by atoms with Crippen LogP contribution in [0.5, 0.6) is 0 Å². The lowest BCUT2D eigenvalue weighted by molar-refractivity contribution is 0.102. The lowest BCUT2D eigenvalue weighted by Gasteiger charge is -2.28. The summed E-state index contributed by atoms with van der Waals surface area (Å²) in [6.07, 6.45) is 1.65. The Labute approximate surface area is 153 Å². The molecule has 0 aliphatic carbocycles. The molecule has 1 amide bonds. The topological polar surface area (TPSA) is 92.4 Å². The number of amides is 1. The normalized spacial score (nSPS) is 14.9. The number of aromatic nitrogens is 5. The highest BCUT2D eigenvalue weighted by Crippen LogP contribution is 2.26. The first-order chi connectivity index (χ1) is 13.0. The van der Waals surface area contributed by atoms with Crippen LogP contribution in [0.4, 0.5) is 20.3 Å². The molecule has 0 radical (unpaired) electrons. The number of nitrogens with one attached hydrogen (secondary N) is 2. The molecule has 4 rings (SSSR count). The second kappa shape index (κ2) is 6.91. The largest absolute Gasteiger partial charge is 0.354 e. The molecule has 1 aliphatic rings. The number of alkyl halides is 2. The maximum Gasteiger partial charge on any atom is 0.284 e. The van der Waals surface area contributed by atoms with E-state index in [4.69, 9.17) is 0 Å². The van der Waals surface area contributed by atoms with E-state index in [1.54, 1.807) is 6.20 Å². The molecule has 1 aliphatic heterocycles. The average Bonchev–Trinajstić information content (AvgIpc) is 3.25. The smallest absolute Gasteiger partial charge is 0.284 e. The number of fused-ring (bicyclic) bond motifs is 1. The molecular weight excluding hydrogens is 358 g/mol. The number of hydrogen-bond acceptors (Lipinski definition) is 6. The maximum absolute atomic E-state index is 13.1. The van der Waals surface area contributed by atoms with E-state index in [2.05, 4.69) is 30.7 Å². The Morgan fingerprint density at radius 2 is 2.11 bits per heavy atom. The van der Waals surface area contributed by atoms with Gasteiger partial charge in [-0.05, 0) is 6.07 Å². The van der Waals surface area contributed by atoms with Crippen LogP contribution >= 0.6 is 0 Å². The molecule has 0 atom stereocenters. The third-order valence-corrected chi connectivity index (χ3v) is 4.35. The highest BCUT2D eigenvalue weighted by molar-refractivity contribution is 6.08. The van der Waals surface area contributed by atoms with Gasteiger partial charge < -0.3 is 15.5 Å². The van der Waals surface area contributed by atoms with Gasteiger partial charge in [0.25, 0.3) is 12.3 Å². The molecule has 4 heterocycles. The first-order valence-electron chi connectivity index (χ1n) is 8.46. The molecule has 1 fully saturated rings. The summed E-state index contributed by atoms with van der Waals surface area (Å²) in [6, 6.07) is 1.84. The quantitative estimate of drug-likeness (QED) is 0.708. The summed E-state index contributed by atoms with van der Waals surface area (Å²) >= 11 is 0. The predicted molar refractivity (Wildman–Crippen MR) is 94.2 cm³/mol. The first-order valence-corrected chi connectivity index (χ1v) is 8.46. The molecule has 1 saturated heterocycles. The van der Waals surface area contributed by atoms with Gasteiger partial charge in [0.2, 0.25) is 0 Å². The molecule has 9 nitrogen and oxygen atoms in total. The van der Waals surface area contributed by atoms with Crippen molar-refractivity contribution in [3.8, 4) is 0 Å². The number of hydrogen-bond donors (Lipinski definition) is 2. The fourth-order valence-corrected chi connectivity index (χ4v) is 3.04.